The molecule has 3 nitrogen and oxygen atoms in total. The molecule has 1 aliphatic heterocycles. The van der Waals surface area contributed by atoms with Crippen LogP contribution in [0.5, 0.6) is 0 Å². The Hall–Kier alpha value is -1.13. The van der Waals surface area contributed by atoms with E-state index in [2.05, 4.69) is 16.8 Å². The van der Waals surface area contributed by atoms with Crippen molar-refractivity contribution >= 4 is 5.69 Å². The summed E-state index contributed by atoms with van der Waals surface area (Å²) in [4.78, 5) is 4.43. The summed E-state index contributed by atoms with van der Waals surface area (Å²) in [5.41, 5.74) is 1.21. The molecule has 0 aromatic heterocycles. The van der Waals surface area contributed by atoms with E-state index in [9.17, 15) is 9.50 Å². The lowest BCUT2D eigenvalue weighted by molar-refractivity contribution is 0.194. The van der Waals surface area contributed by atoms with Crippen molar-refractivity contribution < 1.29 is 9.50 Å². The number of benzene rings is 1. The zero-order valence-corrected chi connectivity index (χ0v) is 12.6. The van der Waals surface area contributed by atoms with Crippen LogP contribution in [0.4, 0.5) is 10.1 Å². The van der Waals surface area contributed by atoms with Crippen molar-refractivity contribution in [3.8, 4) is 0 Å². The monoisotopic (exact) mass is 280 g/mol. The van der Waals surface area contributed by atoms with Gasteiger partial charge in [0, 0.05) is 24.8 Å². The van der Waals surface area contributed by atoms with Gasteiger partial charge in [0.25, 0.3) is 0 Å². The molecular formula is C16H25FN2O. The van der Waals surface area contributed by atoms with Crippen LogP contribution >= 0.6 is 0 Å². The van der Waals surface area contributed by atoms with Crippen molar-refractivity contribution in [2.24, 2.45) is 5.92 Å². The second kappa shape index (κ2) is 6.55. The average molecular weight is 280 g/mol. The molecule has 1 N–H and O–H groups in total. The van der Waals surface area contributed by atoms with Crippen LogP contribution in [0.1, 0.15) is 31.4 Å². The van der Waals surface area contributed by atoms with Crippen molar-refractivity contribution in [2.45, 2.75) is 25.9 Å². The van der Waals surface area contributed by atoms with Crippen LogP contribution in [0.25, 0.3) is 0 Å². The molecule has 0 aliphatic carbocycles. The Morgan fingerprint density at radius 3 is 2.65 bits per heavy atom. The van der Waals surface area contributed by atoms with Gasteiger partial charge in [0.2, 0.25) is 0 Å². The van der Waals surface area contributed by atoms with Crippen LogP contribution in [-0.2, 0) is 0 Å². The highest BCUT2D eigenvalue weighted by molar-refractivity contribution is 5.54. The number of anilines is 1. The number of halogens is 1. The molecular weight excluding hydrogens is 255 g/mol. The van der Waals surface area contributed by atoms with Gasteiger partial charge in [-0.25, -0.2) is 4.39 Å². The first kappa shape index (κ1) is 15.3. The number of rotatable bonds is 4. The summed E-state index contributed by atoms with van der Waals surface area (Å²) in [6, 6.07) is 5.01. The normalized spacial score (nSPS) is 19.1. The molecule has 1 fully saturated rings. The van der Waals surface area contributed by atoms with E-state index >= 15 is 0 Å². The van der Waals surface area contributed by atoms with Crippen molar-refractivity contribution in [1.29, 1.82) is 0 Å². The minimum absolute atomic E-state index is 0.326. The van der Waals surface area contributed by atoms with E-state index < -0.39 is 6.10 Å². The number of aliphatic hydroxyl groups excluding tert-OH is 1. The maximum Gasteiger partial charge on any atom is 0.131 e. The van der Waals surface area contributed by atoms with Crippen LogP contribution in [0.3, 0.4) is 0 Å². The van der Waals surface area contributed by atoms with Gasteiger partial charge in [-0.15, -0.1) is 0 Å². The van der Waals surface area contributed by atoms with Crippen LogP contribution in [0.15, 0.2) is 18.2 Å². The fourth-order valence-electron chi connectivity index (χ4n) is 3.00. The number of nitrogens with zero attached hydrogens (tertiary/aromatic N) is 2. The van der Waals surface area contributed by atoms with Crippen molar-refractivity contribution in [2.75, 3.05) is 38.6 Å². The summed E-state index contributed by atoms with van der Waals surface area (Å²) < 4.78 is 13.9. The number of hydrogen-bond donors (Lipinski definition) is 1. The Kier molecular flexibility index (Phi) is 5.00. The van der Waals surface area contributed by atoms with Gasteiger partial charge in [0.05, 0.1) is 6.10 Å². The van der Waals surface area contributed by atoms with Gasteiger partial charge in [0.1, 0.15) is 5.82 Å². The van der Waals surface area contributed by atoms with Gasteiger partial charge in [-0.1, -0.05) is 6.07 Å². The molecule has 1 aliphatic rings. The molecule has 1 aromatic carbocycles. The van der Waals surface area contributed by atoms with Crippen LogP contribution < -0.4 is 4.90 Å². The van der Waals surface area contributed by atoms with Crippen molar-refractivity contribution in [3.63, 3.8) is 0 Å². The molecule has 2 rings (SSSR count). The summed E-state index contributed by atoms with van der Waals surface area (Å²) in [6.45, 7) is 4.79. The molecule has 4 heteroatoms. The smallest absolute Gasteiger partial charge is 0.131 e. The minimum Gasteiger partial charge on any atom is -0.389 e. The largest absolute Gasteiger partial charge is 0.389 e. The van der Waals surface area contributed by atoms with E-state index in [4.69, 9.17) is 0 Å². The Balaban J connectivity index is 2.09. The Morgan fingerprint density at radius 1 is 1.40 bits per heavy atom. The Bertz CT molecular complexity index is 442. The Labute approximate surface area is 121 Å². The number of piperidine rings is 1. The van der Waals surface area contributed by atoms with Gasteiger partial charge in [0.15, 0.2) is 0 Å². The first-order chi connectivity index (χ1) is 9.49. The average Bonchev–Trinajstić information content (AvgIpc) is 2.40. The number of hydrogen-bond acceptors (Lipinski definition) is 3. The van der Waals surface area contributed by atoms with Crippen LogP contribution in [0, 0.1) is 11.7 Å². The molecule has 0 radical (unpaired) electrons. The SMILES string of the molecule is C[C@@H](O)c1c(F)cccc1N(C)CC1CCN(C)CC1. The highest BCUT2D eigenvalue weighted by Crippen LogP contribution is 2.29. The lowest BCUT2D eigenvalue weighted by Crippen LogP contribution is -2.36. The number of aliphatic hydroxyl groups is 1. The minimum atomic E-state index is -0.786. The van der Waals surface area contributed by atoms with E-state index in [-0.39, 0.29) is 5.82 Å². The molecule has 1 heterocycles. The highest BCUT2D eigenvalue weighted by Gasteiger charge is 2.21. The van der Waals surface area contributed by atoms with Crippen LogP contribution in [0.2, 0.25) is 0 Å². The molecule has 0 saturated carbocycles. The highest BCUT2D eigenvalue weighted by atomic mass is 19.1. The van der Waals surface area contributed by atoms with E-state index in [0.717, 1.165) is 25.3 Å². The van der Waals surface area contributed by atoms with Gasteiger partial charge in [-0.2, -0.15) is 0 Å². The van der Waals surface area contributed by atoms with Crippen molar-refractivity contribution in [1.82, 2.24) is 4.90 Å². The molecule has 0 unspecified atom stereocenters. The summed E-state index contributed by atoms with van der Waals surface area (Å²) in [5, 5.41) is 9.80. The maximum absolute atomic E-state index is 13.9. The quantitative estimate of drug-likeness (QED) is 0.918. The third kappa shape index (κ3) is 3.49. The first-order valence-electron chi connectivity index (χ1n) is 7.35. The predicted molar refractivity (Wildman–Crippen MR) is 80.5 cm³/mol. The fraction of sp³-hybridized carbons (Fsp3) is 0.625. The van der Waals surface area contributed by atoms with Gasteiger partial charge in [-0.3, -0.25) is 0 Å². The van der Waals surface area contributed by atoms with E-state index in [1.54, 1.807) is 13.0 Å². The van der Waals surface area contributed by atoms with Gasteiger partial charge in [-0.05, 0) is 58.0 Å². The standard InChI is InChI=1S/C16H25FN2O/c1-12(20)16-14(17)5-4-6-15(16)19(3)11-13-7-9-18(2)10-8-13/h4-6,12-13,20H,7-11H2,1-3H3/t12-/m1/s1. The van der Waals surface area contributed by atoms with E-state index in [0.29, 0.717) is 11.5 Å². The van der Waals surface area contributed by atoms with E-state index in [1.165, 1.54) is 18.9 Å². The summed E-state index contributed by atoms with van der Waals surface area (Å²) in [5.74, 6) is 0.314. The molecule has 112 valence electrons. The molecule has 20 heavy (non-hydrogen) atoms. The lowest BCUT2D eigenvalue weighted by Gasteiger charge is -2.33. The summed E-state index contributed by atoms with van der Waals surface area (Å²) >= 11 is 0. The predicted octanol–water partition coefficient (Wildman–Crippen LogP) is 2.66. The number of likely N-dealkylation sites (tertiary alicyclic amines) is 1. The van der Waals surface area contributed by atoms with Gasteiger partial charge >= 0.3 is 0 Å². The third-order valence-electron chi connectivity index (χ3n) is 4.23. The Morgan fingerprint density at radius 2 is 2.05 bits per heavy atom. The second-order valence-corrected chi connectivity index (χ2v) is 5.98. The van der Waals surface area contributed by atoms with Crippen LogP contribution in [-0.4, -0.2) is 43.7 Å². The molecule has 1 saturated heterocycles. The second-order valence-electron chi connectivity index (χ2n) is 5.98. The third-order valence-corrected chi connectivity index (χ3v) is 4.23. The molecule has 1 atom stereocenters. The first-order valence-corrected chi connectivity index (χ1v) is 7.35. The maximum atomic E-state index is 13.9. The van der Waals surface area contributed by atoms with E-state index in [1.807, 2.05) is 13.1 Å². The molecule has 0 bridgehead atoms. The zero-order chi connectivity index (χ0) is 14.7. The fourth-order valence-corrected chi connectivity index (χ4v) is 3.00. The summed E-state index contributed by atoms with van der Waals surface area (Å²) in [7, 11) is 4.14. The topological polar surface area (TPSA) is 26.7 Å². The van der Waals surface area contributed by atoms with Gasteiger partial charge < -0.3 is 14.9 Å². The lowest BCUT2D eigenvalue weighted by atomic mass is 9.96. The molecule has 0 amide bonds. The zero-order valence-electron chi connectivity index (χ0n) is 12.6. The molecule has 1 aromatic rings. The molecule has 0 spiro atoms. The van der Waals surface area contributed by atoms with Crippen molar-refractivity contribution in [3.05, 3.63) is 29.6 Å². The summed E-state index contributed by atoms with van der Waals surface area (Å²) in [6.07, 6.45) is 1.58.